The van der Waals surface area contributed by atoms with Gasteiger partial charge in [-0.1, -0.05) is 19.1 Å². The van der Waals surface area contributed by atoms with Crippen LogP contribution in [0.25, 0.3) is 0 Å². The van der Waals surface area contributed by atoms with E-state index >= 15 is 0 Å². The minimum Gasteiger partial charge on any atom is -0.328 e. The summed E-state index contributed by atoms with van der Waals surface area (Å²) in [5.74, 6) is -0.595. The van der Waals surface area contributed by atoms with Crippen LogP contribution in [0.1, 0.15) is 29.5 Å². The Labute approximate surface area is 98.9 Å². The normalized spacial score (nSPS) is 10.5. The van der Waals surface area contributed by atoms with E-state index in [9.17, 15) is 9.18 Å². The average molecular weight is 232 g/mol. The highest BCUT2D eigenvalue weighted by Crippen LogP contribution is 2.12. The van der Waals surface area contributed by atoms with Crippen LogP contribution >= 0.6 is 0 Å². The number of carbonyl (C=O) groups excluding carboxylic acids is 1. The SMILES string of the molecule is CCCn1ccnc1C(=O)c1ccccc1F. The maximum atomic E-state index is 13.5. The van der Waals surface area contributed by atoms with Gasteiger partial charge >= 0.3 is 0 Å². The van der Waals surface area contributed by atoms with Crippen molar-refractivity contribution in [3.05, 3.63) is 53.9 Å². The average Bonchev–Trinajstić information content (AvgIpc) is 2.78. The number of carbonyl (C=O) groups is 1. The molecule has 0 saturated carbocycles. The highest BCUT2D eigenvalue weighted by molar-refractivity contribution is 6.06. The van der Waals surface area contributed by atoms with Gasteiger partial charge in [0.1, 0.15) is 5.82 Å². The molecule has 0 spiro atoms. The summed E-state index contributed by atoms with van der Waals surface area (Å²) in [4.78, 5) is 16.1. The summed E-state index contributed by atoms with van der Waals surface area (Å²) >= 11 is 0. The Morgan fingerprint density at radius 3 is 2.88 bits per heavy atom. The number of benzene rings is 1. The third kappa shape index (κ3) is 2.25. The van der Waals surface area contributed by atoms with Crippen molar-refractivity contribution in [2.75, 3.05) is 0 Å². The number of ketones is 1. The summed E-state index contributed by atoms with van der Waals surface area (Å²) in [5.41, 5.74) is 0.0658. The summed E-state index contributed by atoms with van der Waals surface area (Å²) in [6.07, 6.45) is 4.19. The molecule has 0 aliphatic heterocycles. The first kappa shape index (κ1) is 11.5. The van der Waals surface area contributed by atoms with E-state index in [4.69, 9.17) is 0 Å². The smallest absolute Gasteiger partial charge is 0.231 e. The number of aryl methyl sites for hydroxylation is 1. The van der Waals surface area contributed by atoms with Gasteiger partial charge in [-0.25, -0.2) is 9.37 Å². The van der Waals surface area contributed by atoms with Crippen LogP contribution in [0.5, 0.6) is 0 Å². The van der Waals surface area contributed by atoms with Crippen LogP contribution in [0.3, 0.4) is 0 Å². The lowest BCUT2D eigenvalue weighted by Gasteiger charge is -2.05. The topological polar surface area (TPSA) is 34.9 Å². The quantitative estimate of drug-likeness (QED) is 0.759. The molecule has 17 heavy (non-hydrogen) atoms. The van der Waals surface area contributed by atoms with Crippen molar-refractivity contribution in [3.63, 3.8) is 0 Å². The number of hydrogen-bond acceptors (Lipinski definition) is 2. The zero-order chi connectivity index (χ0) is 12.3. The summed E-state index contributed by atoms with van der Waals surface area (Å²) in [5, 5.41) is 0. The number of nitrogens with zero attached hydrogens (tertiary/aromatic N) is 2. The highest BCUT2D eigenvalue weighted by atomic mass is 19.1. The molecule has 0 bridgehead atoms. The molecule has 0 aliphatic rings. The molecule has 0 unspecified atom stereocenters. The lowest BCUT2D eigenvalue weighted by molar-refractivity contribution is 0.102. The highest BCUT2D eigenvalue weighted by Gasteiger charge is 2.17. The first-order chi connectivity index (χ1) is 8.24. The van der Waals surface area contributed by atoms with Crippen molar-refractivity contribution in [2.45, 2.75) is 19.9 Å². The molecular weight excluding hydrogens is 219 g/mol. The number of rotatable bonds is 4. The molecule has 1 aromatic heterocycles. The molecule has 3 nitrogen and oxygen atoms in total. The third-order valence-electron chi connectivity index (χ3n) is 2.50. The number of halogens is 1. The lowest BCUT2D eigenvalue weighted by atomic mass is 10.1. The van der Waals surface area contributed by atoms with E-state index in [1.807, 2.05) is 6.92 Å². The van der Waals surface area contributed by atoms with Gasteiger partial charge in [0.15, 0.2) is 5.82 Å². The van der Waals surface area contributed by atoms with Crippen LogP contribution in [0.15, 0.2) is 36.7 Å². The van der Waals surface area contributed by atoms with E-state index < -0.39 is 5.82 Å². The molecule has 4 heteroatoms. The Balaban J connectivity index is 2.37. The van der Waals surface area contributed by atoms with Crippen molar-refractivity contribution in [1.29, 1.82) is 0 Å². The van der Waals surface area contributed by atoms with Gasteiger partial charge in [0.2, 0.25) is 5.78 Å². The Bertz CT molecular complexity index is 534. The maximum Gasteiger partial charge on any atom is 0.231 e. The van der Waals surface area contributed by atoms with Crippen molar-refractivity contribution in [3.8, 4) is 0 Å². The second kappa shape index (κ2) is 4.91. The molecule has 88 valence electrons. The van der Waals surface area contributed by atoms with Crippen LogP contribution in [-0.4, -0.2) is 15.3 Å². The monoisotopic (exact) mass is 232 g/mol. The van der Waals surface area contributed by atoms with Gasteiger partial charge in [-0.15, -0.1) is 0 Å². The van der Waals surface area contributed by atoms with Gasteiger partial charge in [-0.05, 0) is 18.6 Å². The zero-order valence-electron chi connectivity index (χ0n) is 9.56. The molecule has 2 rings (SSSR count). The number of hydrogen-bond donors (Lipinski definition) is 0. The fraction of sp³-hybridized carbons (Fsp3) is 0.231. The first-order valence-corrected chi connectivity index (χ1v) is 5.54. The van der Waals surface area contributed by atoms with E-state index in [1.165, 1.54) is 12.1 Å². The third-order valence-corrected chi connectivity index (χ3v) is 2.50. The van der Waals surface area contributed by atoms with E-state index in [-0.39, 0.29) is 17.2 Å². The number of aromatic nitrogens is 2. The molecule has 0 atom stereocenters. The lowest BCUT2D eigenvalue weighted by Crippen LogP contribution is -2.12. The largest absolute Gasteiger partial charge is 0.328 e. The van der Waals surface area contributed by atoms with Gasteiger partial charge in [-0.2, -0.15) is 0 Å². The van der Waals surface area contributed by atoms with Crippen molar-refractivity contribution < 1.29 is 9.18 Å². The van der Waals surface area contributed by atoms with Crippen LogP contribution < -0.4 is 0 Å². The molecule has 2 aromatic rings. The summed E-state index contributed by atoms with van der Waals surface area (Å²) in [7, 11) is 0. The maximum absolute atomic E-state index is 13.5. The van der Waals surface area contributed by atoms with Gasteiger partial charge in [0.25, 0.3) is 0 Å². The van der Waals surface area contributed by atoms with Crippen molar-refractivity contribution >= 4 is 5.78 Å². The van der Waals surface area contributed by atoms with Gasteiger partial charge in [0, 0.05) is 18.9 Å². The predicted octanol–water partition coefficient (Wildman–Crippen LogP) is 2.66. The Kier molecular flexibility index (Phi) is 3.32. The molecule has 1 aromatic carbocycles. The Morgan fingerprint density at radius 1 is 1.41 bits per heavy atom. The second-order valence-electron chi connectivity index (χ2n) is 3.75. The summed E-state index contributed by atoms with van der Waals surface area (Å²) in [6, 6.07) is 5.96. The van der Waals surface area contributed by atoms with Gasteiger partial charge < -0.3 is 4.57 Å². The minimum absolute atomic E-state index is 0.0658. The molecular formula is C13H13FN2O. The summed E-state index contributed by atoms with van der Waals surface area (Å²) < 4.78 is 15.2. The van der Waals surface area contributed by atoms with Crippen molar-refractivity contribution in [1.82, 2.24) is 9.55 Å². The molecule has 0 radical (unpaired) electrons. The molecule has 0 N–H and O–H groups in total. The molecule has 0 aliphatic carbocycles. The van der Waals surface area contributed by atoms with E-state index in [2.05, 4.69) is 4.98 Å². The van der Waals surface area contributed by atoms with Crippen LogP contribution in [0, 0.1) is 5.82 Å². The minimum atomic E-state index is -0.511. The second-order valence-corrected chi connectivity index (χ2v) is 3.75. The van der Waals surface area contributed by atoms with Gasteiger partial charge in [-0.3, -0.25) is 4.79 Å². The molecule has 0 saturated heterocycles. The Hall–Kier alpha value is -1.97. The standard InChI is InChI=1S/C13H13FN2O/c1-2-8-16-9-7-15-13(16)12(17)10-5-3-4-6-11(10)14/h3-7,9H,2,8H2,1H3. The van der Waals surface area contributed by atoms with E-state index in [0.29, 0.717) is 6.54 Å². The fourth-order valence-electron chi connectivity index (χ4n) is 1.71. The predicted molar refractivity (Wildman–Crippen MR) is 62.4 cm³/mol. The van der Waals surface area contributed by atoms with E-state index in [1.54, 1.807) is 29.1 Å². The first-order valence-electron chi connectivity index (χ1n) is 5.54. The fourth-order valence-corrected chi connectivity index (χ4v) is 1.71. The number of imidazole rings is 1. The van der Waals surface area contributed by atoms with E-state index in [0.717, 1.165) is 6.42 Å². The van der Waals surface area contributed by atoms with Crippen LogP contribution in [0.2, 0.25) is 0 Å². The van der Waals surface area contributed by atoms with Crippen LogP contribution in [0.4, 0.5) is 4.39 Å². The molecule has 1 heterocycles. The van der Waals surface area contributed by atoms with Crippen molar-refractivity contribution in [2.24, 2.45) is 0 Å². The zero-order valence-corrected chi connectivity index (χ0v) is 9.56. The Morgan fingerprint density at radius 2 is 2.18 bits per heavy atom. The summed E-state index contributed by atoms with van der Waals surface area (Å²) in [6.45, 7) is 2.72. The molecule has 0 fully saturated rings. The van der Waals surface area contributed by atoms with Gasteiger partial charge in [0.05, 0.1) is 5.56 Å². The van der Waals surface area contributed by atoms with Crippen LogP contribution in [-0.2, 0) is 6.54 Å². The molecule has 0 amide bonds.